The lowest BCUT2D eigenvalue weighted by Crippen LogP contribution is -2.27. The van der Waals surface area contributed by atoms with Crippen molar-refractivity contribution in [2.45, 2.75) is 33.9 Å². The predicted molar refractivity (Wildman–Crippen MR) is 106 cm³/mol. The van der Waals surface area contributed by atoms with E-state index in [1.807, 2.05) is 4.57 Å². The van der Waals surface area contributed by atoms with Gasteiger partial charge in [-0.3, -0.25) is 19.6 Å². The maximum atomic E-state index is 14.1. The Labute approximate surface area is 166 Å². The molecule has 1 aliphatic heterocycles. The molecular formula is C19H22FN7O2. The van der Waals surface area contributed by atoms with E-state index >= 15 is 0 Å². The molecule has 10 heteroatoms. The minimum absolute atomic E-state index is 0.156. The van der Waals surface area contributed by atoms with Gasteiger partial charge in [-0.05, 0) is 19.1 Å². The Bertz CT molecular complexity index is 1150. The first-order valence-corrected chi connectivity index (χ1v) is 9.31. The number of hydrogen-bond acceptors (Lipinski definition) is 5. The van der Waals surface area contributed by atoms with Gasteiger partial charge in [-0.15, -0.1) is 0 Å². The van der Waals surface area contributed by atoms with Gasteiger partial charge in [-0.1, -0.05) is 13.8 Å². The van der Waals surface area contributed by atoms with Crippen LogP contribution in [0.2, 0.25) is 0 Å². The average molecular weight is 399 g/mol. The van der Waals surface area contributed by atoms with Crippen LogP contribution in [0.3, 0.4) is 0 Å². The number of nitrogens with two attached hydrogens (primary N) is 1. The van der Waals surface area contributed by atoms with Gasteiger partial charge in [0.05, 0.1) is 22.9 Å². The molecule has 0 bridgehead atoms. The lowest BCUT2D eigenvalue weighted by atomic mass is 9.94. The Kier molecular flexibility index (Phi) is 4.29. The number of nitrogens with one attached hydrogen (secondary N) is 2. The molecule has 3 aromatic rings. The molecule has 0 atom stereocenters. The van der Waals surface area contributed by atoms with Crippen LogP contribution in [0.5, 0.6) is 0 Å². The highest BCUT2D eigenvalue weighted by atomic mass is 19.1. The van der Waals surface area contributed by atoms with Crippen LogP contribution < -0.4 is 16.4 Å². The number of carbonyl (C=O) groups excluding carboxylic acids is 2. The molecule has 2 amide bonds. The second kappa shape index (κ2) is 6.57. The molecule has 0 spiro atoms. The molecule has 4 N–H and O–H groups in total. The average Bonchev–Trinajstić information content (AvgIpc) is 3.14. The zero-order valence-electron chi connectivity index (χ0n) is 16.4. The van der Waals surface area contributed by atoms with Crippen molar-refractivity contribution < 1.29 is 14.0 Å². The summed E-state index contributed by atoms with van der Waals surface area (Å²) in [6.07, 6.45) is 1.01. The Hall–Kier alpha value is -3.43. The third kappa shape index (κ3) is 3.20. The molecule has 1 aromatic carbocycles. The van der Waals surface area contributed by atoms with E-state index in [4.69, 9.17) is 5.73 Å². The van der Waals surface area contributed by atoms with Crippen molar-refractivity contribution in [2.75, 3.05) is 17.2 Å². The topological polar surface area (TPSA) is 120 Å². The molecule has 0 saturated heterocycles. The first-order chi connectivity index (χ1) is 13.7. The molecule has 4 rings (SSSR count). The SMILES string of the molecule is CCn1ncc(F)c1C(=O)Nc1nc2cc(C(N)=O)cc3c2n1CC(C)(C)CN3. The molecule has 0 aliphatic carbocycles. The van der Waals surface area contributed by atoms with Crippen LogP contribution >= 0.6 is 0 Å². The summed E-state index contributed by atoms with van der Waals surface area (Å²) >= 11 is 0. The summed E-state index contributed by atoms with van der Waals surface area (Å²) in [5, 5.41) is 9.92. The van der Waals surface area contributed by atoms with Gasteiger partial charge in [-0.2, -0.15) is 5.10 Å². The minimum Gasteiger partial charge on any atom is -0.383 e. The summed E-state index contributed by atoms with van der Waals surface area (Å²) in [4.78, 5) is 29.0. The van der Waals surface area contributed by atoms with Crippen LogP contribution in [0.15, 0.2) is 18.3 Å². The third-order valence-corrected chi connectivity index (χ3v) is 5.00. The quantitative estimate of drug-likeness (QED) is 0.621. The van der Waals surface area contributed by atoms with Crippen LogP contribution in [0.4, 0.5) is 16.0 Å². The summed E-state index contributed by atoms with van der Waals surface area (Å²) in [5.41, 5.74) is 7.42. The van der Waals surface area contributed by atoms with Crippen molar-refractivity contribution in [3.63, 3.8) is 0 Å². The molecule has 152 valence electrons. The van der Waals surface area contributed by atoms with Gasteiger partial charge in [0, 0.05) is 30.6 Å². The Morgan fingerprint density at radius 3 is 2.83 bits per heavy atom. The fourth-order valence-corrected chi connectivity index (χ4v) is 3.60. The zero-order chi connectivity index (χ0) is 20.9. The van der Waals surface area contributed by atoms with Crippen molar-refractivity contribution in [3.8, 4) is 0 Å². The van der Waals surface area contributed by atoms with E-state index in [1.165, 1.54) is 4.68 Å². The maximum absolute atomic E-state index is 14.1. The third-order valence-electron chi connectivity index (χ3n) is 5.00. The first kappa shape index (κ1) is 18.9. The molecule has 0 radical (unpaired) electrons. The Morgan fingerprint density at radius 2 is 2.14 bits per heavy atom. The Balaban J connectivity index is 1.84. The van der Waals surface area contributed by atoms with E-state index in [0.717, 1.165) is 11.7 Å². The highest BCUT2D eigenvalue weighted by molar-refractivity contribution is 6.05. The number of halogens is 1. The molecule has 0 unspecified atom stereocenters. The molecule has 0 fully saturated rings. The second-order valence-corrected chi connectivity index (χ2v) is 7.91. The van der Waals surface area contributed by atoms with E-state index < -0.39 is 17.6 Å². The summed E-state index contributed by atoms with van der Waals surface area (Å²) < 4.78 is 17.3. The molecule has 9 nitrogen and oxygen atoms in total. The minimum atomic E-state index is -0.699. The van der Waals surface area contributed by atoms with Gasteiger partial charge >= 0.3 is 0 Å². The summed E-state index contributed by atoms with van der Waals surface area (Å²) in [6.45, 7) is 7.48. The number of hydrogen-bond donors (Lipinski definition) is 3. The van der Waals surface area contributed by atoms with Crippen LogP contribution in [-0.2, 0) is 13.1 Å². The molecular weight excluding hydrogens is 377 g/mol. The first-order valence-electron chi connectivity index (χ1n) is 9.31. The zero-order valence-corrected chi connectivity index (χ0v) is 16.4. The Morgan fingerprint density at radius 1 is 1.38 bits per heavy atom. The fourth-order valence-electron chi connectivity index (χ4n) is 3.60. The van der Waals surface area contributed by atoms with Crippen LogP contribution in [0.25, 0.3) is 11.0 Å². The molecule has 1 aliphatic rings. The smallest absolute Gasteiger partial charge is 0.279 e. The maximum Gasteiger partial charge on any atom is 0.279 e. The van der Waals surface area contributed by atoms with Crippen molar-refractivity contribution in [1.29, 1.82) is 0 Å². The number of rotatable bonds is 4. The molecule has 3 heterocycles. The number of imidazole rings is 1. The van der Waals surface area contributed by atoms with Crippen LogP contribution in [0, 0.1) is 11.2 Å². The number of carbonyl (C=O) groups is 2. The van der Waals surface area contributed by atoms with E-state index in [2.05, 4.69) is 34.6 Å². The van der Waals surface area contributed by atoms with Gasteiger partial charge in [0.1, 0.15) is 0 Å². The fraction of sp³-hybridized carbons (Fsp3) is 0.368. The number of benzene rings is 1. The monoisotopic (exact) mass is 399 g/mol. The number of nitrogens with zero attached hydrogens (tertiary/aromatic N) is 4. The normalized spacial score (nSPS) is 15.0. The van der Waals surface area contributed by atoms with Crippen molar-refractivity contribution in [2.24, 2.45) is 11.1 Å². The van der Waals surface area contributed by atoms with E-state index in [1.54, 1.807) is 19.1 Å². The van der Waals surface area contributed by atoms with E-state index in [0.29, 0.717) is 36.4 Å². The van der Waals surface area contributed by atoms with Gasteiger partial charge in [0.25, 0.3) is 5.91 Å². The van der Waals surface area contributed by atoms with E-state index in [-0.39, 0.29) is 17.1 Å². The highest BCUT2D eigenvalue weighted by Crippen LogP contribution is 2.35. The molecule has 29 heavy (non-hydrogen) atoms. The predicted octanol–water partition coefficient (Wildman–Crippen LogP) is 2.19. The van der Waals surface area contributed by atoms with Gasteiger partial charge in [-0.25, -0.2) is 9.37 Å². The largest absolute Gasteiger partial charge is 0.383 e. The summed E-state index contributed by atoms with van der Waals surface area (Å²) in [6, 6.07) is 3.27. The molecule has 2 aromatic heterocycles. The number of aryl methyl sites for hydroxylation is 1. The highest BCUT2D eigenvalue weighted by Gasteiger charge is 2.29. The number of aromatic nitrogens is 4. The number of amides is 2. The van der Waals surface area contributed by atoms with Gasteiger partial charge < -0.3 is 15.6 Å². The standard InChI is InChI=1S/C19H22FN7O2/c1-4-27-14(11(20)7-23-27)17(29)25-18-24-13-6-10(16(21)28)5-12-15(13)26(18)9-19(2,3)8-22-12/h5-7,22H,4,8-9H2,1-3H3,(H2,21,28)(H,24,25,29). The second-order valence-electron chi connectivity index (χ2n) is 7.91. The number of anilines is 2. The van der Waals surface area contributed by atoms with Crippen molar-refractivity contribution in [3.05, 3.63) is 35.4 Å². The summed E-state index contributed by atoms with van der Waals surface area (Å²) in [5.74, 6) is -1.63. The van der Waals surface area contributed by atoms with Crippen LogP contribution in [0.1, 0.15) is 41.6 Å². The van der Waals surface area contributed by atoms with Crippen molar-refractivity contribution in [1.82, 2.24) is 19.3 Å². The van der Waals surface area contributed by atoms with Gasteiger partial charge in [0.2, 0.25) is 11.9 Å². The number of primary amides is 1. The van der Waals surface area contributed by atoms with Gasteiger partial charge in [0.15, 0.2) is 11.5 Å². The van der Waals surface area contributed by atoms with E-state index in [9.17, 15) is 14.0 Å². The molecule has 0 saturated carbocycles. The lowest BCUT2D eigenvalue weighted by Gasteiger charge is -2.24. The van der Waals surface area contributed by atoms with Crippen molar-refractivity contribution >= 4 is 34.5 Å². The lowest BCUT2D eigenvalue weighted by molar-refractivity contribution is 0.0994. The van der Waals surface area contributed by atoms with Crippen LogP contribution in [-0.4, -0.2) is 37.7 Å². The summed E-state index contributed by atoms with van der Waals surface area (Å²) in [7, 11) is 0.